The van der Waals surface area contributed by atoms with Crippen LogP contribution in [-0.4, -0.2) is 31.8 Å². The normalized spacial score (nSPS) is 17.9. The first kappa shape index (κ1) is 15.2. The molecule has 1 aliphatic heterocycles. The van der Waals surface area contributed by atoms with E-state index in [0.717, 1.165) is 22.9 Å². The number of para-hydroxylation sites is 1. The molecule has 1 aromatic carbocycles. The zero-order valence-corrected chi connectivity index (χ0v) is 14.4. The zero-order chi connectivity index (χ0) is 16.7. The maximum Gasteiger partial charge on any atom is 0.240 e. The predicted octanol–water partition coefficient (Wildman–Crippen LogP) is 3.19. The lowest BCUT2D eigenvalue weighted by Crippen LogP contribution is -2.40. The Hall–Kier alpha value is -2.34. The van der Waals surface area contributed by atoms with E-state index < -0.39 is 0 Å². The number of hydrogen-bond donors (Lipinski definition) is 0. The molecule has 0 bridgehead atoms. The predicted molar refractivity (Wildman–Crippen MR) is 95.4 cm³/mol. The minimum atomic E-state index is -0.230. The summed E-state index contributed by atoms with van der Waals surface area (Å²) in [6.07, 6.45) is 2.83. The van der Waals surface area contributed by atoms with Gasteiger partial charge in [-0.25, -0.2) is 0 Å². The highest BCUT2D eigenvalue weighted by Gasteiger charge is 2.33. The molecule has 0 spiro atoms. The fourth-order valence-corrected chi connectivity index (χ4v) is 4.09. The van der Waals surface area contributed by atoms with Crippen LogP contribution in [0.25, 0.3) is 5.65 Å². The Morgan fingerprint density at radius 3 is 2.88 bits per heavy atom. The number of aromatic nitrogens is 3. The molecular weight excluding hydrogens is 320 g/mol. The quantitative estimate of drug-likeness (QED) is 0.688. The number of fused-ring (bicyclic) bond motifs is 2. The van der Waals surface area contributed by atoms with Crippen molar-refractivity contribution in [2.24, 2.45) is 0 Å². The number of carbonyl (C=O) groups excluding carboxylic acids is 1. The largest absolute Gasteiger partial charge is 0.308 e. The molecule has 0 saturated heterocycles. The molecule has 0 aliphatic carbocycles. The van der Waals surface area contributed by atoms with Crippen LogP contribution in [0.15, 0.2) is 53.8 Å². The number of rotatable bonds is 3. The highest BCUT2D eigenvalue weighted by atomic mass is 32.2. The van der Waals surface area contributed by atoms with Crippen LogP contribution in [0.2, 0.25) is 0 Å². The summed E-state index contributed by atoms with van der Waals surface area (Å²) in [6.45, 7) is 4.03. The molecule has 0 radical (unpaired) electrons. The number of thioether (sulfide) groups is 1. The molecular formula is C18H18N4OS. The van der Waals surface area contributed by atoms with Gasteiger partial charge in [0.1, 0.15) is 0 Å². The van der Waals surface area contributed by atoms with Gasteiger partial charge in [0.25, 0.3) is 0 Å². The number of pyridine rings is 1. The van der Waals surface area contributed by atoms with Crippen LogP contribution in [0.3, 0.4) is 0 Å². The maximum atomic E-state index is 13.0. The summed E-state index contributed by atoms with van der Waals surface area (Å²) in [6, 6.07) is 14.1. The number of anilines is 1. The van der Waals surface area contributed by atoms with Crippen molar-refractivity contribution in [3.63, 3.8) is 0 Å². The molecule has 0 N–H and O–H groups in total. The molecule has 4 rings (SSSR count). The van der Waals surface area contributed by atoms with Gasteiger partial charge in [0.05, 0.1) is 5.25 Å². The minimum Gasteiger partial charge on any atom is -0.308 e. The lowest BCUT2D eigenvalue weighted by atomic mass is 10.1. The lowest BCUT2D eigenvalue weighted by molar-refractivity contribution is -0.118. The van der Waals surface area contributed by atoms with Gasteiger partial charge in [-0.15, -0.1) is 10.2 Å². The van der Waals surface area contributed by atoms with Crippen LogP contribution < -0.4 is 4.90 Å². The summed E-state index contributed by atoms with van der Waals surface area (Å²) in [5.41, 5.74) is 3.07. The summed E-state index contributed by atoms with van der Waals surface area (Å²) < 4.78 is 1.91. The molecule has 1 amide bonds. The van der Waals surface area contributed by atoms with Crippen LogP contribution in [0.1, 0.15) is 19.4 Å². The summed E-state index contributed by atoms with van der Waals surface area (Å²) in [5.74, 6) is 0.116. The molecule has 3 heterocycles. The van der Waals surface area contributed by atoms with Gasteiger partial charge in [0.2, 0.25) is 5.91 Å². The van der Waals surface area contributed by atoms with Gasteiger partial charge in [-0.05, 0) is 44.0 Å². The molecule has 0 saturated carbocycles. The van der Waals surface area contributed by atoms with Crippen molar-refractivity contribution in [3.8, 4) is 0 Å². The van der Waals surface area contributed by atoms with Gasteiger partial charge in [-0.3, -0.25) is 9.20 Å². The van der Waals surface area contributed by atoms with Crippen molar-refractivity contribution < 1.29 is 4.79 Å². The van der Waals surface area contributed by atoms with E-state index >= 15 is 0 Å². The van der Waals surface area contributed by atoms with E-state index in [1.807, 2.05) is 58.8 Å². The van der Waals surface area contributed by atoms with Crippen molar-refractivity contribution in [3.05, 3.63) is 54.2 Å². The van der Waals surface area contributed by atoms with Gasteiger partial charge in [0.15, 0.2) is 10.8 Å². The average molecular weight is 338 g/mol. The highest BCUT2D eigenvalue weighted by Crippen LogP contribution is 2.34. The smallest absolute Gasteiger partial charge is 0.240 e. The van der Waals surface area contributed by atoms with Gasteiger partial charge >= 0.3 is 0 Å². The third kappa shape index (κ3) is 2.47. The number of hydrogen-bond acceptors (Lipinski definition) is 4. The molecule has 24 heavy (non-hydrogen) atoms. The average Bonchev–Trinajstić information content (AvgIpc) is 3.14. The maximum absolute atomic E-state index is 13.0. The van der Waals surface area contributed by atoms with Crippen LogP contribution in [0, 0.1) is 0 Å². The van der Waals surface area contributed by atoms with E-state index in [1.54, 1.807) is 0 Å². The summed E-state index contributed by atoms with van der Waals surface area (Å²) >= 11 is 1.45. The number of nitrogens with zero attached hydrogens (tertiary/aromatic N) is 4. The SMILES string of the molecule is C[C@@H](Sc1nnc2ccccn12)C(=O)N1c2ccccc2C[C@@H]1C. The van der Waals surface area contributed by atoms with Gasteiger partial charge in [0, 0.05) is 17.9 Å². The first-order valence-corrected chi connectivity index (χ1v) is 8.90. The summed E-state index contributed by atoms with van der Waals surface area (Å²) in [4.78, 5) is 15.0. The molecule has 0 fully saturated rings. The fourth-order valence-electron chi connectivity index (χ4n) is 3.21. The fraction of sp³-hybridized carbons (Fsp3) is 0.278. The number of carbonyl (C=O) groups is 1. The first-order valence-electron chi connectivity index (χ1n) is 8.02. The van der Waals surface area contributed by atoms with Crippen LogP contribution >= 0.6 is 11.8 Å². The van der Waals surface area contributed by atoms with E-state index in [9.17, 15) is 4.79 Å². The Morgan fingerprint density at radius 2 is 2.00 bits per heavy atom. The second-order valence-corrected chi connectivity index (χ2v) is 7.37. The molecule has 2 atom stereocenters. The van der Waals surface area contributed by atoms with Gasteiger partial charge < -0.3 is 4.90 Å². The molecule has 0 unspecified atom stereocenters. The van der Waals surface area contributed by atoms with Gasteiger partial charge in [-0.1, -0.05) is 36.0 Å². The van der Waals surface area contributed by atoms with E-state index in [-0.39, 0.29) is 17.2 Å². The minimum absolute atomic E-state index is 0.116. The second-order valence-electron chi connectivity index (χ2n) is 6.06. The van der Waals surface area contributed by atoms with Crippen molar-refractivity contribution in [1.82, 2.24) is 14.6 Å². The third-order valence-electron chi connectivity index (χ3n) is 4.36. The third-order valence-corrected chi connectivity index (χ3v) is 5.40. The van der Waals surface area contributed by atoms with Crippen molar-refractivity contribution in [2.75, 3.05) is 4.90 Å². The standard InChI is InChI=1S/C18H18N4OS/c1-12-11-14-7-3-4-8-15(14)22(12)17(23)13(2)24-18-20-19-16-9-5-6-10-21(16)18/h3-10,12-13H,11H2,1-2H3/t12-,13+/m0/s1. The van der Waals surface area contributed by atoms with Crippen molar-refractivity contribution in [1.29, 1.82) is 0 Å². The summed E-state index contributed by atoms with van der Waals surface area (Å²) in [7, 11) is 0. The van der Waals surface area contributed by atoms with Crippen LogP contribution in [0.4, 0.5) is 5.69 Å². The molecule has 5 nitrogen and oxygen atoms in total. The zero-order valence-electron chi connectivity index (χ0n) is 13.6. The van der Waals surface area contributed by atoms with Gasteiger partial charge in [-0.2, -0.15) is 0 Å². The lowest BCUT2D eigenvalue weighted by Gasteiger charge is -2.25. The Labute approximate surface area is 144 Å². The topological polar surface area (TPSA) is 50.5 Å². The Morgan fingerprint density at radius 1 is 1.21 bits per heavy atom. The molecule has 122 valence electrons. The van der Waals surface area contributed by atoms with Crippen molar-refractivity contribution in [2.45, 2.75) is 36.7 Å². The number of benzene rings is 1. The molecule has 3 aromatic rings. The number of amides is 1. The Bertz CT molecular complexity index is 907. The highest BCUT2D eigenvalue weighted by molar-refractivity contribution is 8.00. The van der Waals surface area contributed by atoms with E-state index in [0.29, 0.717) is 0 Å². The summed E-state index contributed by atoms with van der Waals surface area (Å²) in [5, 5.41) is 8.87. The van der Waals surface area contributed by atoms with E-state index in [1.165, 1.54) is 17.3 Å². The van der Waals surface area contributed by atoms with E-state index in [2.05, 4.69) is 23.2 Å². The molecule has 2 aromatic heterocycles. The first-order chi connectivity index (χ1) is 11.6. The molecule has 1 aliphatic rings. The Kier molecular flexibility index (Phi) is 3.76. The van der Waals surface area contributed by atoms with Crippen LogP contribution in [0.5, 0.6) is 0 Å². The second kappa shape index (κ2) is 5.94. The van der Waals surface area contributed by atoms with E-state index in [4.69, 9.17) is 0 Å². The molecule has 6 heteroatoms. The monoisotopic (exact) mass is 338 g/mol. The van der Waals surface area contributed by atoms with Crippen molar-refractivity contribution >= 4 is 29.0 Å². The van der Waals surface area contributed by atoms with Crippen LogP contribution in [-0.2, 0) is 11.2 Å². The Balaban J connectivity index is 1.58.